The van der Waals surface area contributed by atoms with E-state index in [1.54, 1.807) is 0 Å². The number of nitrogens with zero attached hydrogens (tertiary/aromatic N) is 1. The summed E-state index contributed by atoms with van der Waals surface area (Å²) < 4.78 is 5.70. The summed E-state index contributed by atoms with van der Waals surface area (Å²) in [6.07, 6.45) is 5.30. The van der Waals surface area contributed by atoms with Crippen molar-refractivity contribution in [2.24, 2.45) is 0 Å². The molecule has 0 heterocycles. The molecule has 0 aromatic heterocycles. The summed E-state index contributed by atoms with van der Waals surface area (Å²) in [7, 11) is 1.87. The van der Waals surface area contributed by atoms with Crippen molar-refractivity contribution in [3.8, 4) is 6.07 Å². The maximum Gasteiger partial charge on any atom is 0.109 e. The standard InChI is InChI=1S/C11H20N2O/c1-3-7-14-10-5-4-6-11(8-10,9-12)13-2/h10,13H,3-8H2,1-2H3. The quantitative estimate of drug-likeness (QED) is 0.746. The zero-order valence-electron chi connectivity index (χ0n) is 9.18. The summed E-state index contributed by atoms with van der Waals surface area (Å²) in [6, 6.07) is 2.38. The third-order valence-electron chi connectivity index (χ3n) is 2.96. The summed E-state index contributed by atoms with van der Waals surface area (Å²) >= 11 is 0. The van der Waals surface area contributed by atoms with Gasteiger partial charge in [0.05, 0.1) is 12.2 Å². The number of hydrogen-bond donors (Lipinski definition) is 1. The molecular formula is C11H20N2O. The van der Waals surface area contributed by atoms with E-state index in [-0.39, 0.29) is 11.6 Å². The second-order valence-corrected chi connectivity index (χ2v) is 4.03. The minimum Gasteiger partial charge on any atom is -0.378 e. The van der Waals surface area contributed by atoms with Crippen LogP contribution in [-0.2, 0) is 4.74 Å². The zero-order chi connectivity index (χ0) is 10.4. The normalized spacial score (nSPS) is 32.5. The number of nitriles is 1. The summed E-state index contributed by atoms with van der Waals surface area (Å²) in [6.45, 7) is 2.92. The van der Waals surface area contributed by atoms with E-state index >= 15 is 0 Å². The fraction of sp³-hybridized carbons (Fsp3) is 0.909. The molecule has 80 valence electrons. The van der Waals surface area contributed by atoms with Gasteiger partial charge in [-0.2, -0.15) is 5.26 Å². The summed E-state index contributed by atoms with van der Waals surface area (Å²) in [4.78, 5) is 0. The van der Waals surface area contributed by atoms with E-state index in [0.717, 1.165) is 38.7 Å². The maximum atomic E-state index is 9.12. The van der Waals surface area contributed by atoms with E-state index in [1.165, 1.54) is 0 Å². The molecule has 0 aromatic carbocycles. The Morgan fingerprint density at radius 1 is 1.64 bits per heavy atom. The minimum atomic E-state index is -0.337. The Kier molecular flexibility index (Phi) is 4.37. The molecule has 0 bridgehead atoms. The highest BCUT2D eigenvalue weighted by molar-refractivity contribution is 5.09. The van der Waals surface area contributed by atoms with Crippen LogP contribution in [-0.4, -0.2) is 25.3 Å². The van der Waals surface area contributed by atoms with E-state index in [4.69, 9.17) is 10.00 Å². The van der Waals surface area contributed by atoms with Crippen LogP contribution in [0.5, 0.6) is 0 Å². The van der Waals surface area contributed by atoms with Gasteiger partial charge in [-0.25, -0.2) is 0 Å². The predicted molar refractivity (Wildman–Crippen MR) is 55.9 cm³/mol. The van der Waals surface area contributed by atoms with Gasteiger partial charge in [0.1, 0.15) is 5.54 Å². The van der Waals surface area contributed by atoms with Crippen molar-refractivity contribution in [2.75, 3.05) is 13.7 Å². The summed E-state index contributed by atoms with van der Waals surface area (Å²) in [5.74, 6) is 0. The van der Waals surface area contributed by atoms with Gasteiger partial charge in [-0.3, -0.25) is 0 Å². The van der Waals surface area contributed by atoms with Gasteiger partial charge < -0.3 is 10.1 Å². The number of rotatable bonds is 4. The molecule has 2 atom stereocenters. The van der Waals surface area contributed by atoms with Gasteiger partial charge in [0.25, 0.3) is 0 Å². The number of nitrogens with one attached hydrogen (secondary N) is 1. The van der Waals surface area contributed by atoms with Crippen LogP contribution in [0.25, 0.3) is 0 Å². The molecular weight excluding hydrogens is 176 g/mol. The van der Waals surface area contributed by atoms with Crippen molar-refractivity contribution in [1.82, 2.24) is 5.32 Å². The molecule has 0 radical (unpaired) electrons. The molecule has 1 saturated carbocycles. The minimum absolute atomic E-state index is 0.274. The van der Waals surface area contributed by atoms with E-state index in [9.17, 15) is 0 Å². The van der Waals surface area contributed by atoms with Crippen molar-refractivity contribution >= 4 is 0 Å². The lowest BCUT2D eigenvalue weighted by Gasteiger charge is -2.35. The zero-order valence-corrected chi connectivity index (χ0v) is 9.18. The van der Waals surface area contributed by atoms with Gasteiger partial charge >= 0.3 is 0 Å². The van der Waals surface area contributed by atoms with Gasteiger partial charge in [0, 0.05) is 13.0 Å². The first-order chi connectivity index (χ1) is 6.76. The Morgan fingerprint density at radius 3 is 3.00 bits per heavy atom. The molecule has 0 aliphatic heterocycles. The summed E-state index contributed by atoms with van der Waals surface area (Å²) in [5.41, 5.74) is -0.337. The largest absolute Gasteiger partial charge is 0.378 e. The average molecular weight is 196 g/mol. The lowest BCUT2D eigenvalue weighted by atomic mass is 9.81. The first-order valence-electron chi connectivity index (χ1n) is 5.48. The van der Waals surface area contributed by atoms with Crippen LogP contribution in [0.3, 0.4) is 0 Å². The third kappa shape index (κ3) is 2.70. The van der Waals surface area contributed by atoms with Gasteiger partial charge in [0.2, 0.25) is 0 Å². The predicted octanol–water partition coefficient (Wildman–Crippen LogP) is 1.84. The lowest BCUT2D eigenvalue weighted by molar-refractivity contribution is 0.0107. The molecule has 3 nitrogen and oxygen atoms in total. The number of hydrogen-bond acceptors (Lipinski definition) is 3. The van der Waals surface area contributed by atoms with E-state index in [1.807, 2.05) is 7.05 Å². The van der Waals surface area contributed by atoms with Crippen molar-refractivity contribution < 1.29 is 4.74 Å². The highest BCUT2D eigenvalue weighted by Crippen LogP contribution is 2.29. The third-order valence-corrected chi connectivity index (χ3v) is 2.96. The average Bonchev–Trinajstić information content (AvgIpc) is 2.26. The highest BCUT2D eigenvalue weighted by atomic mass is 16.5. The van der Waals surface area contributed by atoms with Crippen LogP contribution in [0.15, 0.2) is 0 Å². The van der Waals surface area contributed by atoms with Gasteiger partial charge in [-0.15, -0.1) is 0 Å². The van der Waals surface area contributed by atoms with E-state index in [2.05, 4.69) is 18.3 Å². The Labute approximate surface area is 86.4 Å². The molecule has 0 aromatic rings. The first kappa shape index (κ1) is 11.5. The second kappa shape index (κ2) is 5.33. The molecule has 0 amide bonds. The van der Waals surface area contributed by atoms with Crippen LogP contribution < -0.4 is 5.32 Å². The highest BCUT2D eigenvalue weighted by Gasteiger charge is 2.35. The molecule has 0 spiro atoms. The molecule has 1 rings (SSSR count). The van der Waals surface area contributed by atoms with Crippen LogP contribution in [0.2, 0.25) is 0 Å². The van der Waals surface area contributed by atoms with E-state index < -0.39 is 0 Å². The van der Waals surface area contributed by atoms with Crippen LogP contribution in [0.4, 0.5) is 0 Å². The molecule has 1 aliphatic carbocycles. The van der Waals surface area contributed by atoms with Crippen LogP contribution in [0, 0.1) is 11.3 Å². The van der Waals surface area contributed by atoms with Crippen LogP contribution in [0.1, 0.15) is 39.0 Å². The molecule has 14 heavy (non-hydrogen) atoms. The fourth-order valence-electron chi connectivity index (χ4n) is 2.04. The lowest BCUT2D eigenvalue weighted by Crippen LogP contribution is -2.47. The van der Waals surface area contributed by atoms with Crippen molar-refractivity contribution in [3.05, 3.63) is 0 Å². The fourth-order valence-corrected chi connectivity index (χ4v) is 2.04. The second-order valence-electron chi connectivity index (χ2n) is 4.03. The molecule has 2 unspecified atom stereocenters. The first-order valence-corrected chi connectivity index (χ1v) is 5.48. The topological polar surface area (TPSA) is 45.0 Å². The smallest absolute Gasteiger partial charge is 0.109 e. The Bertz CT molecular complexity index is 212. The Hall–Kier alpha value is -0.590. The van der Waals surface area contributed by atoms with Gasteiger partial charge in [-0.1, -0.05) is 6.92 Å². The van der Waals surface area contributed by atoms with E-state index in [0.29, 0.717) is 0 Å². The molecule has 0 saturated heterocycles. The molecule has 3 heteroatoms. The van der Waals surface area contributed by atoms with Crippen LogP contribution >= 0.6 is 0 Å². The molecule has 1 aliphatic rings. The van der Waals surface area contributed by atoms with Crippen molar-refractivity contribution in [2.45, 2.75) is 50.7 Å². The SMILES string of the molecule is CCCOC1CCCC(C#N)(NC)C1. The Morgan fingerprint density at radius 2 is 2.43 bits per heavy atom. The summed E-state index contributed by atoms with van der Waals surface area (Å²) in [5, 5.41) is 12.2. The number of ether oxygens (including phenoxy) is 1. The van der Waals surface area contributed by atoms with Gasteiger partial charge in [0.15, 0.2) is 0 Å². The monoisotopic (exact) mass is 196 g/mol. The maximum absolute atomic E-state index is 9.12. The van der Waals surface area contributed by atoms with Crippen molar-refractivity contribution in [3.63, 3.8) is 0 Å². The Balaban J connectivity index is 2.46. The van der Waals surface area contributed by atoms with Gasteiger partial charge in [-0.05, 0) is 32.7 Å². The molecule has 1 N–H and O–H groups in total. The van der Waals surface area contributed by atoms with Crippen molar-refractivity contribution in [1.29, 1.82) is 5.26 Å². The molecule has 1 fully saturated rings.